The van der Waals surface area contributed by atoms with Crippen molar-refractivity contribution in [1.29, 1.82) is 0 Å². The van der Waals surface area contributed by atoms with Gasteiger partial charge in [0.2, 0.25) is 0 Å². The van der Waals surface area contributed by atoms with E-state index in [0.717, 1.165) is 43.1 Å². The highest BCUT2D eigenvalue weighted by Crippen LogP contribution is 2.55. The normalized spacial score (nSPS) is 20.6. The van der Waals surface area contributed by atoms with Crippen LogP contribution in [0.5, 0.6) is 0 Å². The molecule has 28 heavy (non-hydrogen) atoms. The van der Waals surface area contributed by atoms with Crippen molar-refractivity contribution in [1.82, 2.24) is 4.90 Å². The molecule has 4 nitrogen and oxygen atoms in total. The fourth-order valence-electron chi connectivity index (χ4n) is 4.60. The fourth-order valence-corrected chi connectivity index (χ4v) is 5.40. The van der Waals surface area contributed by atoms with Crippen LogP contribution >= 0.6 is 11.8 Å². The summed E-state index contributed by atoms with van der Waals surface area (Å²) < 4.78 is 0. The average Bonchev–Trinajstić information content (AvgIpc) is 2.62. The summed E-state index contributed by atoms with van der Waals surface area (Å²) in [7, 11) is 0. The van der Waals surface area contributed by atoms with Gasteiger partial charge in [-0.15, -0.1) is 0 Å². The smallest absolute Gasteiger partial charge is 0.306 e. The van der Waals surface area contributed by atoms with E-state index in [0.29, 0.717) is 11.3 Å². The number of likely N-dealkylation sites (tertiary alicyclic amines) is 1. The average molecular weight is 403 g/mol. The standard InChI is InChI=1S/C23H34N2O2S/c1-15(2)21(24)28-20-6-5-18(11-16(20)3)14-25-9-7-23(8-10-25)12-19(13-23)17(4)22(26)27/h5-6,11,17,19H,7-10,12-14,24H2,1-4H3,(H,26,27). The monoisotopic (exact) mass is 402 g/mol. The molecule has 0 amide bonds. The third-order valence-corrected chi connectivity index (χ3v) is 8.07. The van der Waals surface area contributed by atoms with Crippen molar-refractivity contribution in [2.75, 3.05) is 13.1 Å². The van der Waals surface area contributed by atoms with Gasteiger partial charge in [-0.3, -0.25) is 9.69 Å². The minimum absolute atomic E-state index is 0.191. The maximum absolute atomic E-state index is 11.2. The van der Waals surface area contributed by atoms with Crippen molar-refractivity contribution in [3.63, 3.8) is 0 Å². The van der Waals surface area contributed by atoms with Crippen LogP contribution in [0.1, 0.15) is 57.6 Å². The molecular weight excluding hydrogens is 368 g/mol. The Morgan fingerprint density at radius 2 is 1.96 bits per heavy atom. The highest BCUT2D eigenvalue weighted by atomic mass is 32.2. The van der Waals surface area contributed by atoms with E-state index in [4.69, 9.17) is 5.73 Å². The Labute approximate surface area is 173 Å². The molecule has 1 aliphatic heterocycles. The van der Waals surface area contributed by atoms with E-state index in [9.17, 15) is 9.90 Å². The van der Waals surface area contributed by atoms with Gasteiger partial charge in [0.25, 0.3) is 0 Å². The van der Waals surface area contributed by atoms with Crippen molar-refractivity contribution in [2.24, 2.45) is 23.0 Å². The van der Waals surface area contributed by atoms with Crippen LogP contribution in [0, 0.1) is 24.2 Å². The topological polar surface area (TPSA) is 66.6 Å². The molecule has 1 aromatic rings. The van der Waals surface area contributed by atoms with E-state index in [1.54, 1.807) is 11.8 Å². The molecular formula is C23H34N2O2S. The first kappa shape index (κ1) is 21.3. The third-order valence-electron chi connectivity index (χ3n) is 6.76. The van der Waals surface area contributed by atoms with Crippen LogP contribution < -0.4 is 5.73 Å². The van der Waals surface area contributed by atoms with Gasteiger partial charge in [0.15, 0.2) is 0 Å². The number of benzene rings is 1. The number of carboxylic acid groups (broad SMARTS) is 1. The Balaban J connectivity index is 1.51. The summed E-state index contributed by atoms with van der Waals surface area (Å²) >= 11 is 1.65. The van der Waals surface area contributed by atoms with Gasteiger partial charge < -0.3 is 10.8 Å². The quantitative estimate of drug-likeness (QED) is 0.655. The van der Waals surface area contributed by atoms with Crippen LogP contribution in [0.25, 0.3) is 0 Å². The first-order valence-corrected chi connectivity index (χ1v) is 11.2. The number of aliphatic carboxylic acids is 1. The first-order chi connectivity index (χ1) is 13.2. The molecule has 1 spiro atoms. The van der Waals surface area contributed by atoms with Crippen LogP contribution in [0.2, 0.25) is 0 Å². The maximum Gasteiger partial charge on any atom is 0.306 e. The molecule has 5 heteroatoms. The summed E-state index contributed by atoms with van der Waals surface area (Å²) in [4.78, 5) is 15.0. The summed E-state index contributed by atoms with van der Waals surface area (Å²) in [5.41, 5.74) is 10.3. The predicted molar refractivity (Wildman–Crippen MR) is 116 cm³/mol. The van der Waals surface area contributed by atoms with E-state index < -0.39 is 5.97 Å². The number of nitrogens with two attached hydrogens (primary N) is 1. The zero-order valence-electron chi connectivity index (χ0n) is 17.6. The van der Waals surface area contributed by atoms with E-state index in [-0.39, 0.29) is 5.92 Å². The van der Waals surface area contributed by atoms with Gasteiger partial charge in [0.1, 0.15) is 0 Å². The van der Waals surface area contributed by atoms with Crippen molar-refractivity contribution in [3.05, 3.63) is 39.9 Å². The van der Waals surface area contributed by atoms with Gasteiger partial charge in [-0.2, -0.15) is 0 Å². The Morgan fingerprint density at radius 3 is 2.50 bits per heavy atom. The number of rotatable bonds is 6. The molecule has 1 unspecified atom stereocenters. The van der Waals surface area contributed by atoms with Crippen LogP contribution in [0.4, 0.5) is 0 Å². The molecule has 1 aromatic carbocycles. The Bertz CT molecular complexity index is 754. The Morgan fingerprint density at radius 1 is 1.32 bits per heavy atom. The number of aryl methyl sites for hydroxylation is 1. The van der Waals surface area contributed by atoms with Gasteiger partial charge in [-0.05, 0) is 93.6 Å². The number of allylic oxidation sites excluding steroid dienone is 1. The maximum atomic E-state index is 11.2. The molecule has 1 atom stereocenters. The Kier molecular flexibility index (Phi) is 6.45. The van der Waals surface area contributed by atoms with Gasteiger partial charge in [-0.25, -0.2) is 0 Å². The molecule has 0 radical (unpaired) electrons. The fraction of sp³-hybridized carbons (Fsp3) is 0.609. The van der Waals surface area contributed by atoms with E-state index >= 15 is 0 Å². The van der Waals surface area contributed by atoms with Gasteiger partial charge in [0, 0.05) is 11.4 Å². The molecule has 1 saturated heterocycles. The molecule has 0 aromatic heterocycles. The van der Waals surface area contributed by atoms with Crippen LogP contribution in [0.3, 0.4) is 0 Å². The van der Waals surface area contributed by atoms with Crippen molar-refractivity contribution < 1.29 is 9.90 Å². The van der Waals surface area contributed by atoms with Gasteiger partial charge in [-0.1, -0.05) is 30.8 Å². The zero-order chi connectivity index (χ0) is 20.5. The molecule has 2 fully saturated rings. The van der Waals surface area contributed by atoms with Crippen molar-refractivity contribution in [3.8, 4) is 0 Å². The number of carbonyl (C=O) groups is 1. The van der Waals surface area contributed by atoms with Gasteiger partial charge >= 0.3 is 5.97 Å². The summed E-state index contributed by atoms with van der Waals surface area (Å²) in [5, 5.41) is 10.1. The highest BCUT2D eigenvalue weighted by Gasteiger charge is 2.48. The second-order valence-corrected chi connectivity index (χ2v) is 10.2. The molecule has 3 N–H and O–H groups in total. The van der Waals surface area contributed by atoms with Crippen LogP contribution in [0.15, 0.2) is 33.7 Å². The second-order valence-electron chi connectivity index (χ2n) is 9.14. The number of hydrogen-bond acceptors (Lipinski definition) is 4. The molecule has 1 aliphatic carbocycles. The lowest BCUT2D eigenvalue weighted by atomic mass is 9.55. The van der Waals surface area contributed by atoms with Crippen LogP contribution in [-0.2, 0) is 11.3 Å². The molecule has 2 aliphatic rings. The van der Waals surface area contributed by atoms with E-state index in [2.05, 4.69) is 30.0 Å². The summed E-state index contributed by atoms with van der Waals surface area (Å²) in [6.07, 6.45) is 4.62. The highest BCUT2D eigenvalue weighted by molar-refractivity contribution is 8.03. The summed E-state index contributed by atoms with van der Waals surface area (Å²) in [6.45, 7) is 11.3. The van der Waals surface area contributed by atoms with Crippen LogP contribution in [-0.4, -0.2) is 29.1 Å². The largest absolute Gasteiger partial charge is 0.481 e. The van der Waals surface area contributed by atoms with E-state index in [1.165, 1.54) is 28.9 Å². The minimum Gasteiger partial charge on any atom is -0.481 e. The number of hydrogen-bond donors (Lipinski definition) is 2. The summed E-state index contributed by atoms with van der Waals surface area (Å²) in [6, 6.07) is 6.71. The number of thioether (sulfide) groups is 1. The number of piperidine rings is 1. The molecule has 0 bridgehead atoms. The van der Waals surface area contributed by atoms with Gasteiger partial charge in [0.05, 0.1) is 10.9 Å². The second kappa shape index (κ2) is 8.50. The van der Waals surface area contributed by atoms with E-state index in [1.807, 2.05) is 20.8 Å². The Hall–Kier alpha value is -1.46. The first-order valence-electron chi connectivity index (χ1n) is 10.3. The number of carboxylic acids is 1. The lowest BCUT2D eigenvalue weighted by Crippen LogP contribution is -2.49. The molecule has 154 valence electrons. The van der Waals surface area contributed by atoms with Crippen molar-refractivity contribution >= 4 is 17.7 Å². The third kappa shape index (κ3) is 4.74. The summed E-state index contributed by atoms with van der Waals surface area (Å²) in [5.74, 6) is -0.450. The zero-order valence-corrected chi connectivity index (χ0v) is 18.4. The molecule has 3 rings (SSSR count). The SMILES string of the molecule is CC(C)=C(N)Sc1ccc(CN2CCC3(CC2)CC(C(C)C(=O)O)C3)cc1C. The predicted octanol–water partition coefficient (Wildman–Crippen LogP) is 5.01. The molecule has 1 heterocycles. The lowest BCUT2D eigenvalue weighted by Gasteiger charge is -2.53. The lowest BCUT2D eigenvalue weighted by molar-refractivity contribution is -0.147. The van der Waals surface area contributed by atoms with Crippen molar-refractivity contribution in [2.45, 2.75) is 64.8 Å². The minimum atomic E-state index is -0.638. The molecule has 1 saturated carbocycles. The number of nitrogens with zero attached hydrogens (tertiary/aromatic N) is 1.